The van der Waals surface area contributed by atoms with Crippen LogP contribution in [0.15, 0.2) is 42.5 Å². The second kappa shape index (κ2) is 6.64. The molecular formula is C19H18N4O4. The standard InChI is InChI=1S/C19H18N4O4/c1-26-11-7-8-13(16(9-11)27-2)20-18(25)15-10-17(24)22-19-21-12-5-3-4-6-14(12)23(15)19/h3-9,15H,10H2,1-2H3,(H,20,25)(H,21,22,24)/t15-/m1/s1. The zero-order chi connectivity index (χ0) is 19.0. The summed E-state index contributed by atoms with van der Waals surface area (Å²) in [4.78, 5) is 29.5. The Balaban J connectivity index is 1.70. The lowest BCUT2D eigenvalue weighted by atomic mass is 10.1. The smallest absolute Gasteiger partial charge is 0.248 e. The number of fused-ring (bicyclic) bond motifs is 3. The minimum absolute atomic E-state index is 0.0255. The molecule has 138 valence electrons. The molecule has 0 unspecified atom stereocenters. The second-order valence-electron chi connectivity index (χ2n) is 6.12. The van der Waals surface area contributed by atoms with E-state index >= 15 is 0 Å². The number of carbonyl (C=O) groups is 2. The van der Waals surface area contributed by atoms with E-state index in [1.807, 2.05) is 24.3 Å². The van der Waals surface area contributed by atoms with Crippen molar-refractivity contribution in [1.82, 2.24) is 9.55 Å². The van der Waals surface area contributed by atoms with E-state index in [9.17, 15) is 9.59 Å². The van der Waals surface area contributed by atoms with Gasteiger partial charge in [0.1, 0.15) is 17.5 Å². The maximum Gasteiger partial charge on any atom is 0.248 e. The highest BCUT2D eigenvalue weighted by molar-refractivity contribution is 6.03. The van der Waals surface area contributed by atoms with Gasteiger partial charge in [0.15, 0.2) is 0 Å². The van der Waals surface area contributed by atoms with Crippen molar-refractivity contribution in [2.75, 3.05) is 24.9 Å². The molecule has 0 fully saturated rings. The molecule has 0 spiro atoms. The molecule has 0 bridgehead atoms. The van der Waals surface area contributed by atoms with Gasteiger partial charge in [-0.05, 0) is 24.3 Å². The van der Waals surface area contributed by atoms with Crippen LogP contribution in [-0.4, -0.2) is 35.6 Å². The number of rotatable bonds is 4. The van der Waals surface area contributed by atoms with E-state index in [0.717, 1.165) is 11.0 Å². The predicted octanol–water partition coefficient (Wildman–Crippen LogP) is 2.58. The molecule has 2 aromatic carbocycles. The molecule has 1 aromatic heterocycles. The molecule has 8 heteroatoms. The molecule has 3 aromatic rings. The fourth-order valence-corrected chi connectivity index (χ4v) is 3.22. The summed E-state index contributed by atoms with van der Waals surface area (Å²) >= 11 is 0. The summed E-state index contributed by atoms with van der Waals surface area (Å²) < 4.78 is 12.3. The highest BCUT2D eigenvalue weighted by atomic mass is 16.5. The summed E-state index contributed by atoms with van der Waals surface area (Å²) in [5.41, 5.74) is 2.00. The van der Waals surface area contributed by atoms with Gasteiger partial charge in [-0.15, -0.1) is 0 Å². The van der Waals surface area contributed by atoms with E-state index in [4.69, 9.17) is 9.47 Å². The first-order chi connectivity index (χ1) is 13.1. The van der Waals surface area contributed by atoms with Crippen LogP contribution in [0, 0.1) is 0 Å². The van der Waals surface area contributed by atoms with Crippen LogP contribution in [0.5, 0.6) is 11.5 Å². The van der Waals surface area contributed by atoms with Crippen LogP contribution in [0.3, 0.4) is 0 Å². The summed E-state index contributed by atoms with van der Waals surface area (Å²) in [6.07, 6.45) is 0.0255. The van der Waals surface area contributed by atoms with E-state index in [2.05, 4.69) is 15.6 Å². The molecule has 1 aliphatic rings. The van der Waals surface area contributed by atoms with Crippen molar-refractivity contribution < 1.29 is 19.1 Å². The van der Waals surface area contributed by atoms with Crippen molar-refractivity contribution in [2.45, 2.75) is 12.5 Å². The summed E-state index contributed by atoms with van der Waals surface area (Å²) in [5, 5.41) is 5.58. The third-order valence-electron chi connectivity index (χ3n) is 4.51. The van der Waals surface area contributed by atoms with Gasteiger partial charge in [0.05, 0.1) is 37.4 Å². The summed E-state index contributed by atoms with van der Waals surface area (Å²) in [7, 11) is 3.07. The van der Waals surface area contributed by atoms with Crippen LogP contribution >= 0.6 is 0 Å². The number of benzene rings is 2. The highest BCUT2D eigenvalue weighted by Gasteiger charge is 2.33. The molecule has 4 rings (SSSR count). The van der Waals surface area contributed by atoms with Gasteiger partial charge >= 0.3 is 0 Å². The summed E-state index contributed by atoms with van der Waals surface area (Å²) in [5.74, 6) is 0.884. The van der Waals surface area contributed by atoms with Gasteiger partial charge in [-0.3, -0.25) is 19.5 Å². The molecule has 27 heavy (non-hydrogen) atoms. The number of hydrogen-bond donors (Lipinski definition) is 2. The fraction of sp³-hybridized carbons (Fsp3) is 0.211. The lowest BCUT2D eigenvalue weighted by molar-refractivity contribution is -0.124. The molecule has 1 atom stereocenters. The molecule has 1 aliphatic heterocycles. The maximum atomic E-state index is 13.0. The predicted molar refractivity (Wildman–Crippen MR) is 100 cm³/mol. The molecular weight excluding hydrogens is 348 g/mol. The molecule has 8 nitrogen and oxygen atoms in total. The number of hydrogen-bond acceptors (Lipinski definition) is 5. The van der Waals surface area contributed by atoms with Crippen LogP contribution in [0.4, 0.5) is 11.6 Å². The van der Waals surface area contributed by atoms with Crippen molar-refractivity contribution in [3.8, 4) is 11.5 Å². The normalized spacial score (nSPS) is 15.8. The Labute approximate surface area is 155 Å². The van der Waals surface area contributed by atoms with Gasteiger partial charge in [-0.2, -0.15) is 0 Å². The molecule has 0 saturated heterocycles. The van der Waals surface area contributed by atoms with Gasteiger partial charge in [0, 0.05) is 6.07 Å². The zero-order valence-corrected chi connectivity index (χ0v) is 14.9. The number of para-hydroxylation sites is 2. The van der Waals surface area contributed by atoms with Crippen LogP contribution < -0.4 is 20.1 Å². The Morgan fingerprint density at radius 3 is 2.81 bits per heavy atom. The van der Waals surface area contributed by atoms with Crippen LogP contribution in [-0.2, 0) is 9.59 Å². The van der Waals surface area contributed by atoms with Gasteiger partial charge in [0.2, 0.25) is 17.8 Å². The van der Waals surface area contributed by atoms with Gasteiger partial charge < -0.3 is 14.8 Å². The highest BCUT2D eigenvalue weighted by Crippen LogP contribution is 2.33. The average molecular weight is 366 g/mol. The lowest BCUT2D eigenvalue weighted by Gasteiger charge is -2.25. The third kappa shape index (κ3) is 2.95. The first-order valence-corrected chi connectivity index (χ1v) is 8.40. The maximum absolute atomic E-state index is 13.0. The van der Waals surface area contributed by atoms with E-state index in [1.54, 1.807) is 29.9 Å². The number of methoxy groups -OCH3 is 2. The lowest BCUT2D eigenvalue weighted by Crippen LogP contribution is -2.35. The SMILES string of the molecule is COc1ccc(NC(=O)[C@H]2CC(=O)Nc3nc4ccccc4n32)c(OC)c1. The number of carbonyl (C=O) groups excluding carboxylic acids is 2. The Morgan fingerprint density at radius 2 is 2.04 bits per heavy atom. The van der Waals surface area contributed by atoms with Crippen molar-refractivity contribution in [2.24, 2.45) is 0 Å². The minimum atomic E-state index is -0.715. The molecule has 2 amide bonds. The van der Waals surface area contributed by atoms with Crippen LogP contribution in [0.2, 0.25) is 0 Å². The Kier molecular flexibility index (Phi) is 4.15. The number of imidazole rings is 1. The monoisotopic (exact) mass is 366 g/mol. The Bertz CT molecular complexity index is 1040. The van der Waals surface area contributed by atoms with Crippen molar-refractivity contribution >= 4 is 34.5 Å². The molecule has 0 aliphatic carbocycles. The first kappa shape index (κ1) is 16.9. The zero-order valence-electron chi connectivity index (χ0n) is 14.9. The van der Waals surface area contributed by atoms with E-state index in [1.165, 1.54) is 7.11 Å². The molecule has 2 N–H and O–H groups in total. The first-order valence-electron chi connectivity index (χ1n) is 8.40. The topological polar surface area (TPSA) is 94.5 Å². The number of ether oxygens (including phenoxy) is 2. The number of nitrogens with zero attached hydrogens (tertiary/aromatic N) is 2. The molecule has 0 saturated carbocycles. The number of aromatic nitrogens is 2. The van der Waals surface area contributed by atoms with E-state index in [-0.39, 0.29) is 18.2 Å². The molecule has 2 heterocycles. The quantitative estimate of drug-likeness (QED) is 0.740. The summed E-state index contributed by atoms with van der Waals surface area (Å²) in [6, 6.07) is 11.8. The fourth-order valence-electron chi connectivity index (χ4n) is 3.22. The van der Waals surface area contributed by atoms with E-state index in [0.29, 0.717) is 23.1 Å². The number of amides is 2. The number of nitrogens with one attached hydrogen (secondary N) is 2. The van der Waals surface area contributed by atoms with Crippen LogP contribution in [0.1, 0.15) is 12.5 Å². The average Bonchev–Trinajstić information content (AvgIpc) is 3.05. The van der Waals surface area contributed by atoms with Gasteiger partial charge in [-0.25, -0.2) is 4.98 Å². The van der Waals surface area contributed by atoms with Gasteiger partial charge in [0.25, 0.3) is 0 Å². The van der Waals surface area contributed by atoms with E-state index < -0.39 is 6.04 Å². The number of anilines is 2. The Hall–Kier alpha value is -3.55. The third-order valence-corrected chi connectivity index (χ3v) is 4.51. The van der Waals surface area contributed by atoms with Crippen molar-refractivity contribution in [1.29, 1.82) is 0 Å². The van der Waals surface area contributed by atoms with Crippen LogP contribution in [0.25, 0.3) is 11.0 Å². The Morgan fingerprint density at radius 1 is 1.22 bits per heavy atom. The minimum Gasteiger partial charge on any atom is -0.497 e. The van der Waals surface area contributed by atoms with Gasteiger partial charge in [-0.1, -0.05) is 12.1 Å². The second-order valence-corrected chi connectivity index (χ2v) is 6.12. The summed E-state index contributed by atoms with van der Waals surface area (Å²) in [6.45, 7) is 0. The van der Waals surface area contributed by atoms with Crippen molar-refractivity contribution in [3.63, 3.8) is 0 Å². The largest absolute Gasteiger partial charge is 0.497 e. The molecule has 0 radical (unpaired) electrons. The van der Waals surface area contributed by atoms with Crippen molar-refractivity contribution in [3.05, 3.63) is 42.5 Å².